The van der Waals surface area contributed by atoms with Crippen molar-refractivity contribution >= 4 is 0 Å². The second kappa shape index (κ2) is 5.67. The number of hydrogen-bond donors (Lipinski definition) is 3. The van der Waals surface area contributed by atoms with Crippen molar-refractivity contribution in [2.24, 2.45) is 0 Å². The van der Waals surface area contributed by atoms with Gasteiger partial charge < -0.3 is 15.5 Å². The van der Waals surface area contributed by atoms with Crippen LogP contribution in [0.3, 0.4) is 0 Å². The minimum atomic E-state index is -0.617. The fourth-order valence-electron chi connectivity index (χ4n) is 2.56. The lowest BCUT2D eigenvalue weighted by molar-refractivity contribution is 0.00467. The van der Waals surface area contributed by atoms with E-state index in [0.29, 0.717) is 18.7 Å². The highest BCUT2D eigenvalue weighted by molar-refractivity contribution is 5.28. The Balaban J connectivity index is 1.84. The lowest BCUT2D eigenvalue weighted by Crippen LogP contribution is -2.41. The molecule has 0 spiro atoms. The molecular weight excluding hydrogens is 233 g/mol. The molecule has 1 saturated carbocycles. The van der Waals surface area contributed by atoms with Crippen LogP contribution < -0.4 is 5.32 Å². The molecule has 0 saturated heterocycles. The van der Waals surface area contributed by atoms with Gasteiger partial charge in [-0.05, 0) is 30.5 Å². The van der Waals surface area contributed by atoms with Gasteiger partial charge in [-0.15, -0.1) is 0 Å². The van der Waals surface area contributed by atoms with Gasteiger partial charge in [0.15, 0.2) is 0 Å². The molecule has 18 heavy (non-hydrogen) atoms. The standard InChI is InChI=1S/C14H20FNO2/c15-12-6-11(7-13(17)8-12)9-16-10-14(18)4-2-1-3-5-14/h6-8,16-18H,1-5,9-10H2. The summed E-state index contributed by atoms with van der Waals surface area (Å²) in [5.41, 5.74) is 0.0695. The van der Waals surface area contributed by atoms with Crippen LogP contribution in [0.2, 0.25) is 0 Å². The maximum absolute atomic E-state index is 13.0. The SMILES string of the molecule is Oc1cc(F)cc(CNCC2(O)CCCCC2)c1. The van der Waals surface area contributed by atoms with Gasteiger partial charge in [0.25, 0.3) is 0 Å². The van der Waals surface area contributed by atoms with Gasteiger partial charge in [0, 0.05) is 19.2 Å². The Morgan fingerprint density at radius 1 is 1.17 bits per heavy atom. The highest BCUT2D eigenvalue weighted by atomic mass is 19.1. The number of aromatic hydroxyl groups is 1. The zero-order valence-corrected chi connectivity index (χ0v) is 10.5. The quantitative estimate of drug-likeness (QED) is 0.772. The molecule has 1 aliphatic carbocycles. The van der Waals surface area contributed by atoms with E-state index in [1.165, 1.54) is 18.6 Å². The van der Waals surface area contributed by atoms with Crippen LogP contribution in [0.5, 0.6) is 5.75 Å². The number of benzene rings is 1. The van der Waals surface area contributed by atoms with Gasteiger partial charge in [0.2, 0.25) is 0 Å². The largest absolute Gasteiger partial charge is 0.508 e. The molecular formula is C14H20FNO2. The third-order valence-corrected chi connectivity index (χ3v) is 3.51. The van der Waals surface area contributed by atoms with Gasteiger partial charge in [-0.25, -0.2) is 4.39 Å². The molecule has 3 N–H and O–H groups in total. The van der Waals surface area contributed by atoms with Crippen LogP contribution in [-0.2, 0) is 6.54 Å². The first kappa shape index (κ1) is 13.3. The summed E-state index contributed by atoms with van der Waals surface area (Å²) >= 11 is 0. The topological polar surface area (TPSA) is 52.5 Å². The molecule has 0 bridgehead atoms. The maximum Gasteiger partial charge on any atom is 0.127 e. The second-order valence-corrected chi connectivity index (χ2v) is 5.21. The van der Waals surface area contributed by atoms with E-state index in [1.807, 2.05) is 0 Å². The van der Waals surface area contributed by atoms with E-state index in [1.54, 1.807) is 0 Å². The van der Waals surface area contributed by atoms with Crippen molar-refractivity contribution < 1.29 is 14.6 Å². The molecule has 0 aliphatic heterocycles. The summed E-state index contributed by atoms with van der Waals surface area (Å²) in [5, 5.41) is 22.7. The number of rotatable bonds is 4. The Bertz CT molecular complexity index is 383. The zero-order valence-electron chi connectivity index (χ0n) is 10.5. The summed E-state index contributed by atoms with van der Waals surface area (Å²) in [4.78, 5) is 0. The monoisotopic (exact) mass is 253 g/mol. The number of hydrogen-bond acceptors (Lipinski definition) is 3. The first-order chi connectivity index (χ1) is 8.57. The Kier molecular flexibility index (Phi) is 4.19. The first-order valence-electron chi connectivity index (χ1n) is 6.49. The minimum Gasteiger partial charge on any atom is -0.508 e. The predicted octanol–water partition coefficient (Wildman–Crippen LogP) is 2.32. The molecule has 1 aromatic carbocycles. The van der Waals surface area contributed by atoms with E-state index in [0.717, 1.165) is 31.7 Å². The fraction of sp³-hybridized carbons (Fsp3) is 0.571. The molecule has 0 atom stereocenters. The average Bonchev–Trinajstić information content (AvgIpc) is 2.28. The third kappa shape index (κ3) is 3.68. The van der Waals surface area contributed by atoms with Gasteiger partial charge in [0.1, 0.15) is 11.6 Å². The van der Waals surface area contributed by atoms with Gasteiger partial charge >= 0.3 is 0 Å². The smallest absolute Gasteiger partial charge is 0.127 e. The first-order valence-corrected chi connectivity index (χ1v) is 6.49. The molecule has 4 heteroatoms. The van der Waals surface area contributed by atoms with Gasteiger partial charge in [-0.2, -0.15) is 0 Å². The minimum absolute atomic E-state index is 0.0665. The molecule has 0 radical (unpaired) electrons. The van der Waals surface area contributed by atoms with E-state index in [9.17, 15) is 14.6 Å². The van der Waals surface area contributed by atoms with E-state index in [4.69, 9.17) is 0 Å². The van der Waals surface area contributed by atoms with Gasteiger partial charge in [-0.3, -0.25) is 0 Å². The Hall–Kier alpha value is -1.13. The van der Waals surface area contributed by atoms with Crippen LogP contribution in [0.1, 0.15) is 37.7 Å². The Morgan fingerprint density at radius 2 is 1.89 bits per heavy atom. The van der Waals surface area contributed by atoms with Crippen molar-refractivity contribution in [1.29, 1.82) is 0 Å². The molecule has 0 amide bonds. The van der Waals surface area contributed by atoms with Crippen molar-refractivity contribution in [1.82, 2.24) is 5.32 Å². The lowest BCUT2D eigenvalue weighted by atomic mass is 9.85. The lowest BCUT2D eigenvalue weighted by Gasteiger charge is -2.32. The van der Waals surface area contributed by atoms with E-state index < -0.39 is 11.4 Å². The second-order valence-electron chi connectivity index (χ2n) is 5.21. The fourth-order valence-corrected chi connectivity index (χ4v) is 2.56. The summed E-state index contributed by atoms with van der Waals surface area (Å²) in [6.07, 6.45) is 4.99. The van der Waals surface area contributed by atoms with Crippen LogP contribution in [0, 0.1) is 5.82 Å². The molecule has 3 nitrogen and oxygen atoms in total. The van der Waals surface area contributed by atoms with E-state index in [2.05, 4.69) is 5.32 Å². The Morgan fingerprint density at radius 3 is 2.56 bits per heavy atom. The molecule has 2 rings (SSSR count). The molecule has 0 unspecified atom stereocenters. The summed E-state index contributed by atoms with van der Waals surface area (Å²) < 4.78 is 13.0. The molecule has 1 aromatic rings. The molecule has 0 aromatic heterocycles. The Labute approximate surface area is 107 Å². The van der Waals surface area contributed by atoms with Crippen LogP contribution in [0.15, 0.2) is 18.2 Å². The maximum atomic E-state index is 13.0. The highest BCUT2D eigenvalue weighted by Gasteiger charge is 2.28. The van der Waals surface area contributed by atoms with Gasteiger partial charge in [-0.1, -0.05) is 19.3 Å². The number of phenols is 1. The van der Waals surface area contributed by atoms with Crippen molar-refractivity contribution in [2.75, 3.05) is 6.54 Å². The van der Waals surface area contributed by atoms with Crippen molar-refractivity contribution in [2.45, 2.75) is 44.2 Å². The van der Waals surface area contributed by atoms with E-state index >= 15 is 0 Å². The number of halogens is 1. The zero-order chi connectivity index (χ0) is 13.0. The predicted molar refractivity (Wildman–Crippen MR) is 67.8 cm³/mol. The van der Waals surface area contributed by atoms with Crippen LogP contribution in [0.4, 0.5) is 4.39 Å². The average molecular weight is 253 g/mol. The molecule has 0 heterocycles. The number of aliphatic hydroxyl groups is 1. The van der Waals surface area contributed by atoms with E-state index in [-0.39, 0.29) is 5.75 Å². The summed E-state index contributed by atoms with van der Waals surface area (Å²) in [5.74, 6) is -0.508. The highest BCUT2D eigenvalue weighted by Crippen LogP contribution is 2.27. The third-order valence-electron chi connectivity index (χ3n) is 3.51. The van der Waals surface area contributed by atoms with Crippen LogP contribution in [-0.4, -0.2) is 22.4 Å². The molecule has 100 valence electrons. The summed E-state index contributed by atoms with van der Waals surface area (Å²) in [7, 11) is 0. The number of nitrogens with one attached hydrogen (secondary N) is 1. The van der Waals surface area contributed by atoms with Crippen molar-refractivity contribution in [3.8, 4) is 5.75 Å². The van der Waals surface area contributed by atoms with Crippen LogP contribution >= 0.6 is 0 Å². The van der Waals surface area contributed by atoms with Crippen molar-refractivity contribution in [3.05, 3.63) is 29.6 Å². The van der Waals surface area contributed by atoms with Crippen molar-refractivity contribution in [3.63, 3.8) is 0 Å². The number of phenolic OH excluding ortho intramolecular Hbond substituents is 1. The normalized spacial score (nSPS) is 18.8. The summed E-state index contributed by atoms with van der Waals surface area (Å²) in [6, 6.07) is 4.00. The van der Waals surface area contributed by atoms with Crippen LogP contribution in [0.25, 0.3) is 0 Å². The summed E-state index contributed by atoms with van der Waals surface area (Å²) in [6.45, 7) is 0.970. The van der Waals surface area contributed by atoms with Gasteiger partial charge in [0.05, 0.1) is 5.60 Å². The molecule has 1 aliphatic rings. The molecule has 1 fully saturated rings.